The van der Waals surface area contributed by atoms with Crippen LogP contribution >= 0.6 is 11.6 Å². The zero-order valence-corrected chi connectivity index (χ0v) is 16.2. The number of nitrogens with zero attached hydrogens (tertiary/aromatic N) is 3. The first kappa shape index (κ1) is 20.9. The lowest BCUT2D eigenvalue weighted by Gasteiger charge is -2.17. The van der Waals surface area contributed by atoms with Gasteiger partial charge in [0.15, 0.2) is 0 Å². The van der Waals surface area contributed by atoms with Gasteiger partial charge in [-0.25, -0.2) is 0 Å². The van der Waals surface area contributed by atoms with Gasteiger partial charge in [-0.2, -0.15) is 18.2 Å². The minimum atomic E-state index is -4.38. The fourth-order valence-corrected chi connectivity index (χ4v) is 2.76. The van der Waals surface area contributed by atoms with Crippen LogP contribution in [0.3, 0.4) is 0 Å². The zero-order valence-electron chi connectivity index (χ0n) is 15.4. The minimum absolute atomic E-state index is 0.138. The maximum atomic E-state index is 12.6. The molecule has 0 bridgehead atoms. The molecule has 0 spiro atoms. The van der Waals surface area contributed by atoms with E-state index in [0.717, 1.165) is 17.7 Å². The van der Waals surface area contributed by atoms with Crippen molar-refractivity contribution in [1.29, 1.82) is 0 Å². The third-order valence-corrected chi connectivity index (χ3v) is 4.50. The summed E-state index contributed by atoms with van der Waals surface area (Å²) >= 11 is 5.85. The molecule has 0 aliphatic rings. The Balaban J connectivity index is 1.53. The highest BCUT2D eigenvalue weighted by molar-refractivity contribution is 6.30. The summed E-state index contributed by atoms with van der Waals surface area (Å²) in [6, 6.07) is 11.7. The molecule has 0 aliphatic carbocycles. The van der Waals surface area contributed by atoms with Crippen LogP contribution in [0.25, 0.3) is 11.4 Å². The van der Waals surface area contributed by atoms with Gasteiger partial charge in [0.05, 0.1) is 5.56 Å². The van der Waals surface area contributed by atoms with Crippen molar-refractivity contribution < 1.29 is 22.5 Å². The molecule has 0 unspecified atom stereocenters. The predicted molar refractivity (Wildman–Crippen MR) is 101 cm³/mol. The van der Waals surface area contributed by atoms with E-state index < -0.39 is 11.7 Å². The lowest BCUT2D eigenvalue weighted by atomic mass is 10.1. The Hall–Kier alpha value is -2.87. The molecule has 152 valence electrons. The Kier molecular flexibility index (Phi) is 6.22. The number of carbonyl (C=O) groups is 1. The number of carbonyl (C=O) groups excluding carboxylic acids is 1. The number of hydrogen-bond donors (Lipinski definition) is 0. The van der Waals surface area contributed by atoms with Crippen LogP contribution in [0.4, 0.5) is 13.2 Å². The van der Waals surface area contributed by atoms with E-state index in [1.54, 1.807) is 31.3 Å². The van der Waals surface area contributed by atoms with E-state index in [4.69, 9.17) is 16.1 Å². The summed E-state index contributed by atoms with van der Waals surface area (Å²) in [4.78, 5) is 18.0. The molecule has 1 aromatic heterocycles. The summed E-state index contributed by atoms with van der Waals surface area (Å²) < 4.78 is 43.0. The van der Waals surface area contributed by atoms with Crippen LogP contribution in [0.15, 0.2) is 53.1 Å². The van der Waals surface area contributed by atoms with Crippen molar-refractivity contribution in [1.82, 2.24) is 15.0 Å². The standard InChI is InChI=1S/C20H17ClF3N3O2/c1-27(12-13-2-6-15(7-3-13)20(22,23)24)18(28)11-10-17-25-19(26-29-17)14-4-8-16(21)9-5-14/h2-9H,10-12H2,1H3. The number of halogens is 4. The Bertz CT molecular complexity index is 970. The first-order chi connectivity index (χ1) is 13.7. The van der Waals surface area contributed by atoms with Crippen molar-refractivity contribution in [3.8, 4) is 11.4 Å². The monoisotopic (exact) mass is 423 g/mol. The normalized spacial score (nSPS) is 11.5. The fraction of sp³-hybridized carbons (Fsp3) is 0.250. The smallest absolute Gasteiger partial charge is 0.341 e. The predicted octanol–water partition coefficient (Wildman–Crippen LogP) is 5.00. The molecule has 9 heteroatoms. The highest BCUT2D eigenvalue weighted by atomic mass is 35.5. The van der Waals surface area contributed by atoms with Crippen LogP contribution in [0.2, 0.25) is 5.02 Å². The summed E-state index contributed by atoms with van der Waals surface area (Å²) in [5, 5.41) is 4.49. The van der Waals surface area contributed by atoms with Crippen LogP contribution < -0.4 is 0 Å². The second-order valence-electron chi connectivity index (χ2n) is 6.46. The van der Waals surface area contributed by atoms with Crippen molar-refractivity contribution in [2.75, 3.05) is 7.05 Å². The number of benzene rings is 2. The van der Waals surface area contributed by atoms with Crippen LogP contribution in [0, 0.1) is 0 Å². The number of aromatic nitrogens is 2. The molecule has 0 N–H and O–H groups in total. The van der Waals surface area contributed by atoms with Gasteiger partial charge in [-0.3, -0.25) is 4.79 Å². The summed E-state index contributed by atoms with van der Waals surface area (Å²) in [5.74, 6) is 0.546. The third kappa shape index (κ3) is 5.57. The van der Waals surface area contributed by atoms with Gasteiger partial charge in [-0.15, -0.1) is 0 Å². The molecular formula is C20H17ClF3N3O2. The number of alkyl halides is 3. The molecule has 5 nitrogen and oxygen atoms in total. The van der Waals surface area contributed by atoms with Gasteiger partial charge in [-0.1, -0.05) is 28.9 Å². The average Bonchev–Trinajstić information content (AvgIpc) is 3.15. The van der Waals surface area contributed by atoms with Crippen molar-refractivity contribution in [3.05, 3.63) is 70.6 Å². The van der Waals surface area contributed by atoms with Crippen LogP contribution in [-0.2, 0) is 23.9 Å². The number of amides is 1. The molecule has 0 atom stereocenters. The van der Waals surface area contributed by atoms with E-state index in [1.807, 2.05) is 0 Å². The highest BCUT2D eigenvalue weighted by Gasteiger charge is 2.30. The van der Waals surface area contributed by atoms with E-state index in [2.05, 4.69) is 10.1 Å². The van der Waals surface area contributed by atoms with E-state index in [-0.39, 0.29) is 25.3 Å². The number of aryl methyl sites for hydroxylation is 1. The van der Waals surface area contributed by atoms with Gasteiger partial charge in [0.2, 0.25) is 17.6 Å². The van der Waals surface area contributed by atoms with Gasteiger partial charge in [-0.05, 0) is 42.0 Å². The van der Waals surface area contributed by atoms with E-state index >= 15 is 0 Å². The average molecular weight is 424 g/mol. The maximum absolute atomic E-state index is 12.6. The van der Waals surface area contributed by atoms with Gasteiger partial charge in [0.25, 0.3) is 0 Å². The molecule has 1 amide bonds. The van der Waals surface area contributed by atoms with Crippen molar-refractivity contribution in [2.24, 2.45) is 0 Å². The van der Waals surface area contributed by atoms with Crippen molar-refractivity contribution in [2.45, 2.75) is 25.6 Å². The van der Waals surface area contributed by atoms with Crippen LogP contribution in [0.1, 0.15) is 23.4 Å². The summed E-state index contributed by atoms with van der Waals surface area (Å²) in [7, 11) is 1.59. The first-order valence-corrected chi connectivity index (χ1v) is 9.09. The molecule has 0 saturated heterocycles. The third-order valence-electron chi connectivity index (χ3n) is 4.25. The summed E-state index contributed by atoms with van der Waals surface area (Å²) in [6.07, 6.45) is -3.98. The maximum Gasteiger partial charge on any atom is 0.416 e. The first-order valence-electron chi connectivity index (χ1n) is 8.71. The number of hydrogen-bond acceptors (Lipinski definition) is 4. The van der Waals surface area contributed by atoms with Crippen molar-refractivity contribution >= 4 is 17.5 Å². The van der Waals surface area contributed by atoms with Gasteiger partial charge in [0.1, 0.15) is 0 Å². The Morgan fingerprint density at radius 1 is 1.10 bits per heavy atom. The zero-order chi connectivity index (χ0) is 21.0. The van der Waals surface area contributed by atoms with E-state index in [0.29, 0.717) is 22.3 Å². The second kappa shape index (κ2) is 8.65. The van der Waals surface area contributed by atoms with Crippen LogP contribution in [0.5, 0.6) is 0 Å². The SMILES string of the molecule is CN(Cc1ccc(C(F)(F)F)cc1)C(=O)CCc1nc(-c2ccc(Cl)cc2)no1. The minimum Gasteiger partial charge on any atom is -0.341 e. The molecule has 2 aromatic carbocycles. The molecule has 0 saturated carbocycles. The molecule has 0 radical (unpaired) electrons. The van der Waals surface area contributed by atoms with Gasteiger partial charge in [0, 0.05) is 37.0 Å². The molecule has 3 aromatic rings. The second-order valence-corrected chi connectivity index (χ2v) is 6.90. The lowest BCUT2D eigenvalue weighted by Crippen LogP contribution is -2.26. The Morgan fingerprint density at radius 2 is 1.76 bits per heavy atom. The van der Waals surface area contributed by atoms with Crippen molar-refractivity contribution in [3.63, 3.8) is 0 Å². The number of rotatable bonds is 6. The highest BCUT2D eigenvalue weighted by Crippen LogP contribution is 2.29. The lowest BCUT2D eigenvalue weighted by molar-refractivity contribution is -0.137. The Morgan fingerprint density at radius 3 is 2.38 bits per heavy atom. The fourth-order valence-electron chi connectivity index (χ4n) is 2.64. The largest absolute Gasteiger partial charge is 0.416 e. The molecule has 1 heterocycles. The molecule has 29 heavy (non-hydrogen) atoms. The topological polar surface area (TPSA) is 59.2 Å². The van der Waals surface area contributed by atoms with Crippen LogP contribution in [-0.4, -0.2) is 28.0 Å². The van der Waals surface area contributed by atoms with Gasteiger partial charge < -0.3 is 9.42 Å². The molecule has 0 aliphatic heterocycles. The van der Waals surface area contributed by atoms with E-state index in [9.17, 15) is 18.0 Å². The van der Waals surface area contributed by atoms with E-state index in [1.165, 1.54) is 17.0 Å². The molecule has 0 fully saturated rings. The summed E-state index contributed by atoms with van der Waals surface area (Å²) in [6.45, 7) is 0.205. The Labute approximate surface area is 170 Å². The molecule has 3 rings (SSSR count). The summed E-state index contributed by atoms with van der Waals surface area (Å²) in [5.41, 5.74) is 0.634. The quantitative estimate of drug-likeness (QED) is 0.559. The van der Waals surface area contributed by atoms with Gasteiger partial charge >= 0.3 is 6.18 Å². The molecular weight excluding hydrogens is 407 g/mol.